The second-order valence-corrected chi connectivity index (χ2v) is 10.6. The van der Waals surface area contributed by atoms with Crippen LogP contribution in [0.4, 0.5) is 13.2 Å². The van der Waals surface area contributed by atoms with E-state index in [2.05, 4.69) is 11.8 Å². The van der Waals surface area contributed by atoms with Gasteiger partial charge in [0.15, 0.2) is 0 Å². The number of aromatic nitrogens is 2. The van der Waals surface area contributed by atoms with Gasteiger partial charge in [-0.05, 0) is 39.3 Å². The van der Waals surface area contributed by atoms with Crippen molar-refractivity contribution in [3.8, 4) is 11.8 Å². The number of benzene rings is 1. The highest BCUT2D eigenvalue weighted by atomic mass is 19.4. The first-order valence-corrected chi connectivity index (χ1v) is 13.2. The van der Waals surface area contributed by atoms with E-state index < -0.39 is 58.7 Å². The average molecular weight is 579 g/mol. The zero-order valence-electron chi connectivity index (χ0n) is 23.3. The number of esters is 1. The maximum Gasteiger partial charge on any atom is 0.423 e. The lowest BCUT2D eigenvalue weighted by Crippen LogP contribution is -2.47. The number of rotatable bonds is 8. The molecule has 1 aromatic carbocycles. The topological polar surface area (TPSA) is 106 Å². The molecule has 1 aromatic heterocycles. The Labute approximate surface area is 235 Å². The molecule has 0 saturated carbocycles. The highest BCUT2D eigenvalue weighted by molar-refractivity contribution is 5.95. The van der Waals surface area contributed by atoms with Gasteiger partial charge in [-0.15, -0.1) is 5.92 Å². The van der Waals surface area contributed by atoms with E-state index in [4.69, 9.17) is 14.2 Å². The van der Waals surface area contributed by atoms with E-state index in [-0.39, 0.29) is 29.8 Å². The lowest BCUT2D eigenvalue weighted by atomic mass is 9.97. The molecule has 0 aliphatic carbocycles. The minimum absolute atomic E-state index is 0.0249. The van der Waals surface area contributed by atoms with Gasteiger partial charge in [-0.3, -0.25) is 19.0 Å². The first-order valence-electron chi connectivity index (χ1n) is 13.2. The van der Waals surface area contributed by atoms with Crippen molar-refractivity contribution in [3.05, 3.63) is 68.5 Å². The fourth-order valence-corrected chi connectivity index (χ4v) is 3.99. The molecule has 9 nitrogen and oxygen atoms in total. The van der Waals surface area contributed by atoms with Crippen molar-refractivity contribution in [2.24, 2.45) is 5.41 Å². The van der Waals surface area contributed by atoms with Crippen LogP contribution >= 0.6 is 0 Å². The molecule has 0 N–H and O–H groups in total. The van der Waals surface area contributed by atoms with Gasteiger partial charge in [0, 0.05) is 24.6 Å². The molecule has 0 bridgehead atoms. The fraction of sp³-hybridized carbons (Fsp3) is 0.517. The molecule has 3 atom stereocenters. The largest absolute Gasteiger partial charge is 0.462 e. The SMILES string of the molecule is CCCCC#CCO[C@H]1C[C@H](n2cc(C(F)(F)F)c(=O)n(C(=O)c3ccccc3)c2=O)O[C@@H]1COC(=O)C(C)(C)C. The number of hydrogen-bond donors (Lipinski definition) is 0. The molecule has 0 spiro atoms. The molecule has 12 heteroatoms. The van der Waals surface area contributed by atoms with E-state index in [1.165, 1.54) is 24.3 Å². The number of unbranched alkanes of at least 4 members (excludes halogenated alkanes) is 2. The summed E-state index contributed by atoms with van der Waals surface area (Å²) in [5, 5.41) is 0. The van der Waals surface area contributed by atoms with E-state index in [0.29, 0.717) is 17.2 Å². The number of alkyl halides is 3. The van der Waals surface area contributed by atoms with Crippen LogP contribution in [0.5, 0.6) is 0 Å². The third-order valence-corrected chi connectivity index (χ3v) is 6.27. The van der Waals surface area contributed by atoms with Gasteiger partial charge in [0.25, 0.3) is 11.5 Å². The number of hydrogen-bond acceptors (Lipinski definition) is 7. The summed E-state index contributed by atoms with van der Waals surface area (Å²) >= 11 is 0. The van der Waals surface area contributed by atoms with Crippen LogP contribution < -0.4 is 11.2 Å². The summed E-state index contributed by atoms with van der Waals surface area (Å²) in [5.74, 6) is 4.06. The van der Waals surface area contributed by atoms with Crippen LogP contribution in [0.3, 0.4) is 0 Å². The quantitative estimate of drug-likeness (QED) is 0.263. The Balaban J connectivity index is 1.99. The average Bonchev–Trinajstić information content (AvgIpc) is 3.30. The van der Waals surface area contributed by atoms with Gasteiger partial charge in [0.1, 0.15) is 31.1 Å². The minimum Gasteiger partial charge on any atom is -0.462 e. The van der Waals surface area contributed by atoms with Gasteiger partial charge < -0.3 is 14.2 Å². The summed E-state index contributed by atoms with van der Waals surface area (Å²) in [7, 11) is 0. The molecule has 0 amide bonds. The fourth-order valence-electron chi connectivity index (χ4n) is 3.99. The summed E-state index contributed by atoms with van der Waals surface area (Å²) in [5.41, 5.74) is -5.80. The van der Waals surface area contributed by atoms with Crippen molar-refractivity contribution in [2.75, 3.05) is 13.2 Å². The first-order chi connectivity index (χ1) is 19.3. The summed E-state index contributed by atoms with van der Waals surface area (Å²) in [6.07, 6.45) is -5.56. The van der Waals surface area contributed by atoms with Crippen LogP contribution in [0.2, 0.25) is 0 Å². The predicted octanol–water partition coefficient (Wildman–Crippen LogP) is 4.17. The van der Waals surface area contributed by atoms with Crippen LogP contribution in [0.1, 0.15) is 75.5 Å². The highest BCUT2D eigenvalue weighted by Crippen LogP contribution is 2.32. The van der Waals surface area contributed by atoms with Gasteiger partial charge in [0.2, 0.25) is 0 Å². The second-order valence-electron chi connectivity index (χ2n) is 10.6. The number of carbonyl (C=O) groups is 2. The standard InChI is InChI=1S/C29H33F3N2O7/c1-5-6-7-8-12-15-39-21-16-23(41-22(21)18-40-26(37)28(2,3)4)33-17-20(29(30,31)32)25(36)34(27(33)38)24(35)19-13-10-9-11-14-19/h9-11,13-14,17,21-23H,5-7,15-16,18H2,1-4H3/t21-,22+,23+/m0/s1. The monoisotopic (exact) mass is 578 g/mol. The van der Waals surface area contributed by atoms with Crippen molar-refractivity contribution in [1.29, 1.82) is 0 Å². The summed E-state index contributed by atoms with van der Waals surface area (Å²) in [6, 6.07) is 7.01. The Morgan fingerprint density at radius 2 is 1.78 bits per heavy atom. The molecule has 1 aliphatic heterocycles. The van der Waals surface area contributed by atoms with Crippen molar-refractivity contribution in [2.45, 2.75) is 78.0 Å². The Morgan fingerprint density at radius 1 is 1.10 bits per heavy atom. The van der Waals surface area contributed by atoms with E-state index in [1.807, 2.05) is 6.92 Å². The highest BCUT2D eigenvalue weighted by Gasteiger charge is 2.42. The van der Waals surface area contributed by atoms with E-state index in [0.717, 1.165) is 12.8 Å². The van der Waals surface area contributed by atoms with E-state index in [1.54, 1.807) is 26.8 Å². The molecule has 0 radical (unpaired) electrons. The summed E-state index contributed by atoms with van der Waals surface area (Å²) in [4.78, 5) is 51.5. The normalized spacial score (nSPS) is 19.0. The molecule has 2 heterocycles. The molecular weight excluding hydrogens is 545 g/mol. The Kier molecular flexibility index (Phi) is 10.3. The second kappa shape index (κ2) is 13.3. The van der Waals surface area contributed by atoms with Gasteiger partial charge in [0.05, 0.1) is 11.5 Å². The zero-order chi connectivity index (χ0) is 30.4. The van der Waals surface area contributed by atoms with Crippen LogP contribution in [-0.2, 0) is 25.2 Å². The predicted molar refractivity (Wildman–Crippen MR) is 142 cm³/mol. The number of halogens is 3. The van der Waals surface area contributed by atoms with Crippen molar-refractivity contribution in [1.82, 2.24) is 9.13 Å². The third-order valence-electron chi connectivity index (χ3n) is 6.27. The van der Waals surface area contributed by atoms with Gasteiger partial charge in [-0.25, -0.2) is 4.79 Å². The van der Waals surface area contributed by atoms with E-state index in [9.17, 15) is 32.3 Å². The minimum atomic E-state index is -5.17. The maximum atomic E-state index is 13.9. The third kappa shape index (κ3) is 7.95. The molecule has 1 fully saturated rings. The number of ether oxygens (including phenoxy) is 3. The van der Waals surface area contributed by atoms with Crippen molar-refractivity contribution >= 4 is 11.9 Å². The molecule has 222 valence electrons. The molecule has 1 saturated heterocycles. The molecule has 41 heavy (non-hydrogen) atoms. The van der Waals surface area contributed by atoms with Crippen LogP contribution in [0.15, 0.2) is 46.1 Å². The smallest absolute Gasteiger partial charge is 0.423 e. The van der Waals surface area contributed by atoms with Gasteiger partial charge >= 0.3 is 17.8 Å². The molecule has 2 aromatic rings. The summed E-state index contributed by atoms with van der Waals surface area (Å²) in [6.45, 7) is 6.66. The molecule has 1 aliphatic rings. The van der Waals surface area contributed by atoms with Crippen molar-refractivity contribution < 1.29 is 37.0 Å². The van der Waals surface area contributed by atoms with Crippen LogP contribution in [0, 0.1) is 17.3 Å². The van der Waals surface area contributed by atoms with Gasteiger partial charge in [-0.2, -0.15) is 17.7 Å². The molecular formula is C29H33F3N2O7. The van der Waals surface area contributed by atoms with Crippen LogP contribution in [0.25, 0.3) is 0 Å². The molecule has 0 unspecified atom stereocenters. The summed E-state index contributed by atoms with van der Waals surface area (Å²) < 4.78 is 59.2. The van der Waals surface area contributed by atoms with Crippen LogP contribution in [-0.4, -0.2) is 46.4 Å². The number of carbonyl (C=O) groups excluding carboxylic acids is 2. The number of nitrogens with zero attached hydrogens (tertiary/aromatic N) is 2. The maximum absolute atomic E-state index is 13.9. The van der Waals surface area contributed by atoms with E-state index >= 15 is 0 Å². The Bertz CT molecular complexity index is 1410. The lowest BCUT2D eigenvalue weighted by molar-refractivity contribution is -0.160. The zero-order valence-corrected chi connectivity index (χ0v) is 23.3. The van der Waals surface area contributed by atoms with Gasteiger partial charge in [-0.1, -0.05) is 37.5 Å². The Hall–Kier alpha value is -3.69. The molecule has 3 rings (SSSR count). The first kappa shape index (κ1) is 31.8. The Morgan fingerprint density at radius 3 is 2.39 bits per heavy atom. The lowest BCUT2D eigenvalue weighted by Gasteiger charge is -2.22. The van der Waals surface area contributed by atoms with Crippen molar-refractivity contribution in [3.63, 3.8) is 0 Å².